The summed E-state index contributed by atoms with van der Waals surface area (Å²) in [6.45, 7) is 1.99. The van der Waals surface area contributed by atoms with E-state index in [1.807, 2.05) is 6.07 Å². The SMILES string of the molecule is CCOC(=O)c1cccc(NC(=O)CSc2nnc(-c3ccccc3NC(=O)c3ccccc3)o2)c1. The Morgan fingerprint density at radius 1 is 0.889 bits per heavy atom. The number of thioether (sulfide) groups is 1. The standard InChI is InChI=1S/C26H22N4O5S/c1-2-34-25(33)18-11-8-12-19(15-18)27-22(31)16-36-26-30-29-24(35-26)20-13-6-7-14-21(20)28-23(32)17-9-4-3-5-10-17/h3-15H,2,16H2,1H3,(H,27,31)(H,28,32). The Bertz CT molecular complexity index is 1370. The summed E-state index contributed by atoms with van der Waals surface area (Å²) in [5, 5.41) is 13.9. The average molecular weight is 503 g/mol. The van der Waals surface area contributed by atoms with Crippen molar-refractivity contribution in [1.82, 2.24) is 10.2 Å². The number of rotatable bonds is 9. The molecule has 0 fully saturated rings. The second kappa shape index (κ2) is 11.8. The third-order valence-electron chi connectivity index (χ3n) is 4.83. The Labute approximate surface area is 211 Å². The number of aromatic nitrogens is 2. The molecule has 2 amide bonds. The molecule has 0 saturated heterocycles. The van der Waals surface area contributed by atoms with Gasteiger partial charge in [0.2, 0.25) is 5.91 Å². The molecule has 182 valence electrons. The molecular formula is C26H22N4O5S. The summed E-state index contributed by atoms with van der Waals surface area (Å²) in [5.41, 5.74) is 2.42. The quantitative estimate of drug-likeness (QED) is 0.245. The lowest BCUT2D eigenvalue weighted by Gasteiger charge is -2.08. The average Bonchev–Trinajstić information content (AvgIpc) is 3.37. The Kier molecular flexibility index (Phi) is 8.09. The van der Waals surface area contributed by atoms with Gasteiger partial charge in [0.25, 0.3) is 17.0 Å². The van der Waals surface area contributed by atoms with E-state index in [2.05, 4.69) is 20.8 Å². The second-order valence-electron chi connectivity index (χ2n) is 7.38. The lowest BCUT2D eigenvalue weighted by Crippen LogP contribution is -2.14. The number of anilines is 2. The number of carbonyl (C=O) groups is 3. The van der Waals surface area contributed by atoms with E-state index in [0.717, 1.165) is 11.8 Å². The van der Waals surface area contributed by atoms with Crippen LogP contribution in [-0.4, -0.2) is 40.3 Å². The van der Waals surface area contributed by atoms with Crippen molar-refractivity contribution in [3.05, 3.63) is 90.0 Å². The molecule has 0 atom stereocenters. The van der Waals surface area contributed by atoms with Crippen molar-refractivity contribution < 1.29 is 23.5 Å². The maximum Gasteiger partial charge on any atom is 0.338 e. The van der Waals surface area contributed by atoms with Gasteiger partial charge in [0.15, 0.2) is 0 Å². The molecule has 0 radical (unpaired) electrons. The van der Waals surface area contributed by atoms with E-state index >= 15 is 0 Å². The molecule has 36 heavy (non-hydrogen) atoms. The summed E-state index contributed by atoms with van der Waals surface area (Å²) in [6, 6.07) is 22.4. The highest BCUT2D eigenvalue weighted by Gasteiger charge is 2.16. The van der Waals surface area contributed by atoms with Crippen molar-refractivity contribution in [2.45, 2.75) is 12.1 Å². The van der Waals surface area contributed by atoms with Crippen molar-refractivity contribution in [2.75, 3.05) is 23.0 Å². The molecule has 1 aromatic heterocycles. The predicted molar refractivity (Wildman–Crippen MR) is 136 cm³/mol. The van der Waals surface area contributed by atoms with Gasteiger partial charge in [-0.2, -0.15) is 0 Å². The summed E-state index contributed by atoms with van der Waals surface area (Å²) in [7, 11) is 0. The van der Waals surface area contributed by atoms with Crippen LogP contribution in [0, 0.1) is 0 Å². The summed E-state index contributed by atoms with van der Waals surface area (Å²) < 4.78 is 10.7. The second-order valence-corrected chi connectivity index (χ2v) is 8.30. The Morgan fingerprint density at radius 2 is 1.64 bits per heavy atom. The van der Waals surface area contributed by atoms with Crippen LogP contribution in [0.25, 0.3) is 11.5 Å². The lowest BCUT2D eigenvalue weighted by atomic mass is 10.1. The van der Waals surface area contributed by atoms with Gasteiger partial charge in [-0.05, 0) is 49.4 Å². The molecule has 0 aliphatic heterocycles. The highest BCUT2D eigenvalue weighted by atomic mass is 32.2. The predicted octanol–water partition coefficient (Wildman–Crippen LogP) is 4.90. The van der Waals surface area contributed by atoms with E-state index < -0.39 is 5.97 Å². The van der Waals surface area contributed by atoms with Crippen molar-refractivity contribution >= 4 is 40.9 Å². The monoisotopic (exact) mass is 502 g/mol. The molecule has 4 rings (SSSR count). The van der Waals surface area contributed by atoms with Gasteiger partial charge in [0.05, 0.1) is 29.2 Å². The van der Waals surface area contributed by atoms with Crippen LogP contribution >= 0.6 is 11.8 Å². The van der Waals surface area contributed by atoms with Crippen LogP contribution in [0.4, 0.5) is 11.4 Å². The minimum Gasteiger partial charge on any atom is -0.462 e. The van der Waals surface area contributed by atoms with Gasteiger partial charge in [-0.15, -0.1) is 10.2 Å². The van der Waals surface area contributed by atoms with E-state index in [4.69, 9.17) is 9.15 Å². The van der Waals surface area contributed by atoms with E-state index in [9.17, 15) is 14.4 Å². The molecule has 0 unspecified atom stereocenters. The fraction of sp³-hybridized carbons (Fsp3) is 0.115. The molecule has 4 aromatic rings. The molecule has 0 aliphatic rings. The van der Waals surface area contributed by atoms with Crippen molar-refractivity contribution in [3.63, 3.8) is 0 Å². The first-order valence-electron chi connectivity index (χ1n) is 11.0. The van der Waals surface area contributed by atoms with Gasteiger partial charge in [0, 0.05) is 11.3 Å². The number of nitrogens with one attached hydrogen (secondary N) is 2. The summed E-state index contributed by atoms with van der Waals surface area (Å²) in [4.78, 5) is 36.8. The Hall–Kier alpha value is -4.44. The van der Waals surface area contributed by atoms with E-state index in [1.54, 1.807) is 79.7 Å². The highest BCUT2D eigenvalue weighted by Crippen LogP contribution is 2.29. The maximum absolute atomic E-state index is 12.6. The number of carbonyl (C=O) groups excluding carboxylic acids is 3. The summed E-state index contributed by atoms with van der Waals surface area (Å²) in [5.74, 6) is -0.805. The summed E-state index contributed by atoms with van der Waals surface area (Å²) in [6.07, 6.45) is 0. The van der Waals surface area contributed by atoms with E-state index in [0.29, 0.717) is 28.1 Å². The molecule has 10 heteroatoms. The minimum atomic E-state index is -0.457. The number of amides is 2. The molecule has 0 aliphatic carbocycles. The smallest absolute Gasteiger partial charge is 0.338 e. The van der Waals surface area contributed by atoms with Crippen LogP contribution in [0.5, 0.6) is 0 Å². The first-order chi connectivity index (χ1) is 17.5. The molecule has 0 saturated carbocycles. The fourth-order valence-electron chi connectivity index (χ4n) is 3.20. The third kappa shape index (κ3) is 6.36. The molecule has 3 aromatic carbocycles. The van der Waals surface area contributed by atoms with E-state index in [-0.39, 0.29) is 35.3 Å². The minimum absolute atomic E-state index is 0.0116. The molecular weight excluding hydrogens is 480 g/mol. The third-order valence-corrected chi connectivity index (χ3v) is 5.65. The van der Waals surface area contributed by atoms with Crippen LogP contribution in [0.15, 0.2) is 88.5 Å². The lowest BCUT2D eigenvalue weighted by molar-refractivity contribution is -0.113. The number of ether oxygens (including phenoxy) is 1. The van der Waals surface area contributed by atoms with Gasteiger partial charge >= 0.3 is 5.97 Å². The van der Waals surface area contributed by atoms with Gasteiger partial charge in [-0.3, -0.25) is 9.59 Å². The van der Waals surface area contributed by atoms with Gasteiger partial charge < -0.3 is 19.8 Å². The number of benzene rings is 3. The maximum atomic E-state index is 12.6. The Balaban J connectivity index is 1.38. The molecule has 2 N–H and O–H groups in total. The normalized spacial score (nSPS) is 10.5. The summed E-state index contributed by atoms with van der Waals surface area (Å²) >= 11 is 1.07. The Morgan fingerprint density at radius 3 is 2.44 bits per heavy atom. The first kappa shape index (κ1) is 24.7. The molecule has 9 nitrogen and oxygen atoms in total. The fourth-order valence-corrected chi connectivity index (χ4v) is 3.77. The van der Waals surface area contributed by atoms with Crippen molar-refractivity contribution in [3.8, 4) is 11.5 Å². The van der Waals surface area contributed by atoms with Crippen LogP contribution in [0.3, 0.4) is 0 Å². The van der Waals surface area contributed by atoms with Crippen LogP contribution in [-0.2, 0) is 9.53 Å². The van der Waals surface area contributed by atoms with E-state index in [1.165, 1.54) is 0 Å². The highest BCUT2D eigenvalue weighted by molar-refractivity contribution is 7.99. The van der Waals surface area contributed by atoms with Crippen LogP contribution in [0.1, 0.15) is 27.6 Å². The number of para-hydroxylation sites is 1. The van der Waals surface area contributed by atoms with Crippen LogP contribution < -0.4 is 10.6 Å². The topological polar surface area (TPSA) is 123 Å². The number of esters is 1. The van der Waals surface area contributed by atoms with Gasteiger partial charge in [-0.1, -0.05) is 48.2 Å². The van der Waals surface area contributed by atoms with Crippen molar-refractivity contribution in [1.29, 1.82) is 0 Å². The number of hydrogen-bond donors (Lipinski definition) is 2. The zero-order valence-corrected chi connectivity index (χ0v) is 20.1. The molecule has 1 heterocycles. The van der Waals surface area contributed by atoms with Gasteiger partial charge in [-0.25, -0.2) is 4.79 Å². The molecule has 0 bridgehead atoms. The van der Waals surface area contributed by atoms with Gasteiger partial charge in [0.1, 0.15) is 0 Å². The largest absolute Gasteiger partial charge is 0.462 e. The first-order valence-corrected chi connectivity index (χ1v) is 12.0. The van der Waals surface area contributed by atoms with Crippen molar-refractivity contribution in [2.24, 2.45) is 0 Å². The number of nitrogens with zero attached hydrogens (tertiary/aromatic N) is 2. The zero-order valence-electron chi connectivity index (χ0n) is 19.3. The zero-order chi connectivity index (χ0) is 25.3. The molecule has 0 spiro atoms. The van der Waals surface area contributed by atoms with Crippen LogP contribution in [0.2, 0.25) is 0 Å². The number of hydrogen-bond acceptors (Lipinski definition) is 8.